The van der Waals surface area contributed by atoms with Crippen LogP contribution in [-0.2, 0) is 0 Å². The van der Waals surface area contributed by atoms with E-state index < -0.39 is 5.82 Å². The van der Waals surface area contributed by atoms with Gasteiger partial charge < -0.3 is 5.32 Å². The van der Waals surface area contributed by atoms with Crippen LogP contribution in [0.15, 0.2) is 55.1 Å². The summed E-state index contributed by atoms with van der Waals surface area (Å²) in [6, 6.07) is 11.4. The third-order valence-corrected chi connectivity index (χ3v) is 4.32. The molecule has 134 valence electrons. The average Bonchev–Trinajstić information content (AvgIpc) is 3.16. The lowest BCUT2D eigenvalue weighted by Gasteiger charge is -2.10. The van der Waals surface area contributed by atoms with Crippen LogP contribution in [0.1, 0.15) is 16.1 Å². The van der Waals surface area contributed by atoms with Crippen molar-refractivity contribution in [1.29, 1.82) is 0 Å². The molecule has 8 heteroatoms. The van der Waals surface area contributed by atoms with Crippen LogP contribution in [-0.4, -0.2) is 25.7 Å². The highest BCUT2D eigenvalue weighted by Gasteiger charge is 2.14. The van der Waals surface area contributed by atoms with E-state index in [1.807, 2.05) is 0 Å². The van der Waals surface area contributed by atoms with Gasteiger partial charge in [0, 0.05) is 16.1 Å². The predicted octanol–water partition coefficient (Wildman–Crippen LogP) is 4.17. The minimum Gasteiger partial charge on any atom is -0.322 e. The summed E-state index contributed by atoms with van der Waals surface area (Å²) in [6.07, 6.45) is 2.71. The third kappa shape index (κ3) is 3.37. The van der Waals surface area contributed by atoms with Crippen LogP contribution < -0.4 is 5.32 Å². The number of carbonyl (C=O) groups is 1. The Labute approximate surface area is 158 Å². The first-order chi connectivity index (χ1) is 13.0. The molecule has 2 aromatic heterocycles. The van der Waals surface area contributed by atoms with Gasteiger partial charge in [0.05, 0.1) is 16.8 Å². The molecule has 4 rings (SSSR count). The second-order valence-electron chi connectivity index (χ2n) is 5.92. The van der Waals surface area contributed by atoms with Gasteiger partial charge in [0.2, 0.25) is 0 Å². The van der Waals surface area contributed by atoms with Crippen molar-refractivity contribution in [3.63, 3.8) is 0 Å². The van der Waals surface area contributed by atoms with Crippen molar-refractivity contribution in [3.8, 4) is 5.69 Å². The predicted molar refractivity (Wildman–Crippen MR) is 101 cm³/mol. The fourth-order valence-electron chi connectivity index (χ4n) is 2.78. The van der Waals surface area contributed by atoms with E-state index in [9.17, 15) is 9.18 Å². The number of hydrogen-bond donors (Lipinski definition) is 1. The molecule has 0 atom stereocenters. The Kier molecular flexibility index (Phi) is 4.29. The Balaban J connectivity index is 1.63. The van der Waals surface area contributed by atoms with Crippen LogP contribution in [0.4, 0.5) is 10.1 Å². The Hall–Kier alpha value is -3.32. The van der Waals surface area contributed by atoms with Gasteiger partial charge in [-0.3, -0.25) is 9.78 Å². The largest absolute Gasteiger partial charge is 0.322 e. The van der Waals surface area contributed by atoms with E-state index in [4.69, 9.17) is 11.6 Å². The maximum atomic E-state index is 14.3. The Bertz CT molecular complexity index is 1160. The summed E-state index contributed by atoms with van der Waals surface area (Å²) in [4.78, 5) is 20.9. The number of nitrogens with zero attached hydrogens (tertiary/aromatic N) is 4. The topological polar surface area (TPSA) is 72.7 Å². The molecule has 0 aliphatic carbocycles. The zero-order valence-corrected chi connectivity index (χ0v) is 14.9. The molecule has 0 unspecified atom stereocenters. The standard InChI is InChI=1S/C19H13ClFN5O/c1-11-15(7-12-6-13(20)2-4-17(12)24-11)19(27)25-14-3-5-18(16(21)8-14)26-10-22-9-23-26/h2-10H,1H3,(H,25,27). The van der Waals surface area contributed by atoms with Gasteiger partial charge >= 0.3 is 0 Å². The summed E-state index contributed by atoms with van der Waals surface area (Å²) in [5, 5.41) is 7.90. The molecule has 1 N–H and O–H groups in total. The molecule has 0 radical (unpaired) electrons. The van der Waals surface area contributed by atoms with Crippen LogP contribution >= 0.6 is 11.6 Å². The molecular weight excluding hydrogens is 369 g/mol. The van der Waals surface area contributed by atoms with Crippen molar-refractivity contribution in [1.82, 2.24) is 19.7 Å². The van der Waals surface area contributed by atoms with Gasteiger partial charge in [-0.25, -0.2) is 14.1 Å². The van der Waals surface area contributed by atoms with Crippen molar-refractivity contribution < 1.29 is 9.18 Å². The van der Waals surface area contributed by atoms with E-state index in [-0.39, 0.29) is 11.6 Å². The lowest BCUT2D eigenvalue weighted by atomic mass is 10.1. The molecule has 4 aromatic rings. The number of benzene rings is 2. The zero-order valence-electron chi connectivity index (χ0n) is 14.1. The quantitative estimate of drug-likeness (QED) is 0.578. The molecule has 0 spiro atoms. The summed E-state index contributed by atoms with van der Waals surface area (Å²) >= 11 is 6.01. The second kappa shape index (κ2) is 6.77. The first-order valence-corrected chi connectivity index (χ1v) is 8.42. The van der Waals surface area contributed by atoms with E-state index in [1.165, 1.54) is 29.5 Å². The first kappa shape index (κ1) is 17.1. The fourth-order valence-corrected chi connectivity index (χ4v) is 2.96. The van der Waals surface area contributed by atoms with Crippen molar-refractivity contribution in [2.75, 3.05) is 5.32 Å². The molecule has 2 heterocycles. The van der Waals surface area contributed by atoms with Gasteiger partial charge in [-0.2, -0.15) is 5.10 Å². The number of nitrogens with one attached hydrogen (secondary N) is 1. The number of fused-ring (bicyclic) bond motifs is 1. The SMILES string of the molecule is Cc1nc2ccc(Cl)cc2cc1C(=O)Nc1ccc(-n2cncn2)c(F)c1. The van der Waals surface area contributed by atoms with Crippen LogP contribution in [0, 0.1) is 12.7 Å². The highest BCUT2D eigenvalue weighted by Crippen LogP contribution is 2.22. The zero-order chi connectivity index (χ0) is 19.0. The number of aromatic nitrogens is 4. The van der Waals surface area contributed by atoms with Gasteiger partial charge in [0.25, 0.3) is 5.91 Å². The maximum absolute atomic E-state index is 14.3. The summed E-state index contributed by atoms with van der Waals surface area (Å²) < 4.78 is 15.6. The monoisotopic (exact) mass is 381 g/mol. The normalized spacial score (nSPS) is 10.9. The minimum atomic E-state index is -0.529. The number of amides is 1. The number of rotatable bonds is 3. The summed E-state index contributed by atoms with van der Waals surface area (Å²) in [6.45, 7) is 1.75. The molecule has 1 amide bonds. The minimum absolute atomic E-state index is 0.240. The molecule has 2 aromatic carbocycles. The second-order valence-corrected chi connectivity index (χ2v) is 6.36. The van der Waals surface area contributed by atoms with Crippen LogP contribution in [0.3, 0.4) is 0 Å². The highest BCUT2D eigenvalue weighted by molar-refractivity contribution is 6.31. The molecule has 0 fully saturated rings. The fraction of sp³-hybridized carbons (Fsp3) is 0.0526. The van der Waals surface area contributed by atoms with Crippen molar-refractivity contribution in [2.24, 2.45) is 0 Å². The summed E-state index contributed by atoms with van der Waals surface area (Å²) in [5.41, 5.74) is 2.28. The summed E-state index contributed by atoms with van der Waals surface area (Å²) in [7, 11) is 0. The van der Waals surface area contributed by atoms with Crippen molar-refractivity contribution >= 4 is 34.1 Å². The molecule has 0 aliphatic rings. The average molecular weight is 382 g/mol. The van der Waals surface area contributed by atoms with Gasteiger partial charge in [0.15, 0.2) is 5.82 Å². The number of carbonyl (C=O) groups excluding carboxylic acids is 1. The first-order valence-electron chi connectivity index (χ1n) is 8.04. The third-order valence-electron chi connectivity index (χ3n) is 4.08. The number of pyridine rings is 1. The Morgan fingerprint density at radius 2 is 2.04 bits per heavy atom. The van der Waals surface area contributed by atoms with E-state index in [2.05, 4.69) is 20.4 Å². The van der Waals surface area contributed by atoms with Gasteiger partial charge in [0.1, 0.15) is 18.3 Å². The van der Waals surface area contributed by atoms with E-state index >= 15 is 0 Å². The number of halogens is 2. The molecule has 0 bridgehead atoms. The number of hydrogen-bond acceptors (Lipinski definition) is 4. The number of aryl methyl sites for hydroxylation is 1. The van der Waals surface area contributed by atoms with Crippen molar-refractivity contribution in [3.05, 3.63) is 77.2 Å². The number of anilines is 1. The van der Waals surface area contributed by atoms with Crippen LogP contribution in [0.5, 0.6) is 0 Å². The lowest BCUT2D eigenvalue weighted by Crippen LogP contribution is -2.14. The van der Waals surface area contributed by atoms with Crippen LogP contribution in [0.25, 0.3) is 16.6 Å². The summed E-state index contributed by atoms with van der Waals surface area (Å²) in [5.74, 6) is -0.909. The van der Waals surface area contributed by atoms with Gasteiger partial charge in [-0.1, -0.05) is 11.6 Å². The van der Waals surface area contributed by atoms with Crippen LogP contribution in [0.2, 0.25) is 5.02 Å². The molecule has 0 saturated heterocycles. The smallest absolute Gasteiger partial charge is 0.257 e. The molecule has 0 saturated carbocycles. The highest BCUT2D eigenvalue weighted by atomic mass is 35.5. The molecule has 0 aliphatic heterocycles. The molecule has 6 nitrogen and oxygen atoms in total. The van der Waals surface area contributed by atoms with Crippen molar-refractivity contribution in [2.45, 2.75) is 6.92 Å². The van der Waals surface area contributed by atoms with E-state index in [1.54, 1.807) is 37.3 Å². The Morgan fingerprint density at radius 3 is 2.78 bits per heavy atom. The van der Waals surface area contributed by atoms with Gasteiger partial charge in [-0.05, 0) is 49.4 Å². The Morgan fingerprint density at radius 1 is 1.19 bits per heavy atom. The molecular formula is C19H13ClFN5O. The lowest BCUT2D eigenvalue weighted by molar-refractivity contribution is 0.102. The van der Waals surface area contributed by atoms with E-state index in [0.29, 0.717) is 22.0 Å². The van der Waals surface area contributed by atoms with Gasteiger partial charge in [-0.15, -0.1) is 0 Å². The molecule has 27 heavy (non-hydrogen) atoms. The maximum Gasteiger partial charge on any atom is 0.257 e. The van der Waals surface area contributed by atoms with E-state index in [0.717, 1.165) is 10.9 Å².